The molecule has 0 radical (unpaired) electrons. The van der Waals surface area contributed by atoms with Crippen LogP contribution >= 0.6 is 0 Å². The molecular formula is C16H24N2O3. The van der Waals surface area contributed by atoms with E-state index in [4.69, 9.17) is 4.74 Å². The van der Waals surface area contributed by atoms with Gasteiger partial charge >= 0.3 is 0 Å². The first kappa shape index (κ1) is 17.0. The molecule has 5 heteroatoms. The molecule has 0 spiro atoms. The average Bonchev–Trinajstić information content (AvgIpc) is 2.42. The van der Waals surface area contributed by atoms with Crippen molar-refractivity contribution in [2.45, 2.75) is 33.8 Å². The van der Waals surface area contributed by atoms with E-state index in [0.29, 0.717) is 18.8 Å². The molecule has 1 atom stereocenters. The maximum atomic E-state index is 11.9. The molecule has 1 unspecified atom stereocenters. The lowest BCUT2D eigenvalue weighted by molar-refractivity contribution is -0.128. The summed E-state index contributed by atoms with van der Waals surface area (Å²) in [6, 6.07) is 7.55. The second-order valence-corrected chi connectivity index (χ2v) is 5.31. The molecule has 2 amide bonds. The van der Waals surface area contributed by atoms with E-state index in [1.807, 2.05) is 45.0 Å². The zero-order valence-electron chi connectivity index (χ0n) is 13.1. The van der Waals surface area contributed by atoms with Crippen molar-refractivity contribution in [3.63, 3.8) is 0 Å². The lowest BCUT2D eigenvalue weighted by Crippen LogP contribution is -2.41. The number of rotatable bonds is 7. The summed E-state index contributed by atoms with van der Waals surface area (Å²) in [6.07, 6.45) is -0.576. The Morgan fingerprint density at radius 3 is 2.29 bits per heavy atom. The molecule has 0 fully saturated rings. The third kappa shape index (κ3) is 6.29. The van der Waals surface area contributed by atoms with Crippen molar-refractivity contribution < 1.29 is 14.3 Å². The summed E-state index contributed by atoms with van der Waals surface area (Å²) in [5, 5.41) is 5.47. The number of carbonyl (C=O) groups is 2. The molecule has 0 bridgehead atoms. The molecule has 0 saturated carbocycles. The fraction of sp³-hybridized carbons (Fsp3) is 0.500. The van der Waals surface area contributed by atoms with Crippen LogP contribution in [0.2, 0.25) is 0 Å². The SMILES string of the molecule is Cc1cccc(OC(C)C(=O)NCCNC(=O)C(C)C)c1. The van der Waals surface area contributed by atoms with E-state index in [-0.39, 0.29) is 17.7 Å². The molecule has 1 rings (SSSR count). The zero-order chi connectivity index (χ0) is 15.8. The van der Waals surface area contributed by atoms with Crippen molar-refractivity contribution in [2.75, 3.05) is 13.1 Å². The van der Waals surface area contributed by atoms with E-state index < -0.39 is 6.10 Å². The van der Waals surface area contributed by atoms with E-state index in [1.54, 1.807) is 6.92 Å². The molecule has 0 aliphatic carbocycles. The lowest BCUT2D eigenvalue weighted by atomic mass is 10.2. The first-order valence-electron chi connectivity index (χ1n) is 7.19. The Morgan fingerprint density at radius 2 is 1.71 bits per heavy atom. The van der Waals surface area contributed by atoms with E-state index in [0.717, 1.165) is 5.56 Å². The van der Waals surface area contributed by atoms with Gasteiger partial charge in [0.15, 0.2) is 6.10 Å². The molecule has 0 heterocycles. The third-order valence-corrected chi connectivity index (χ3v) is 2.92. The molecule has 0 aromatic heterocycles. The first-order chi connectivity index (χ1) is 9.90. The quantitative estimate of drug-likeness (QED) is 0.751. The van der Waals surface area contributed by atoms with E-state index in [9.17, 15) is 9.59 Å². The van der Waals surface area contributed by atoms with Gasteiger partial charge in [-0.05, 0) is 31.5 Å². The van der Waals surface area contributed by atoms with Gasteiger partial charge in [-0.2, -0.15) is 0 Å². The number of nitrogens with one attached hydrogen (secondary N) is 2. The smallest absolute Gasteiger partial charge is 0.260 e. The zero-order valence-corrected chi connectivity index (χ0v) is 13.1. The number of ether oxygens (including phenoxy) is 1. The number of amides is 2. The summed E-state index contributed by atoms with van der Waals surface area (Å²) in [5.41, 5.74) is 1.08. The van der Waals surface area contributed by atoms with Crippen molar-refractivity contribution in [3.05, 3.63) is 29.8 Å². The molecule has 1 aromatic carbocycles. The van der Waals surface area contributed by atoms with Gasteiger partial charge in [0.2, 0.25) is 5.91 Å². The van der Waals surface area contributed by atoms with Crippen molar-refractivity contribution in [1.29, 1.82) is 0 Å². The topological polar surface area (TPSA) is 67.4 Å². The molecule has 116 valence electrons. The summed E-state index contributed by atoms with van der Waals surface area (Å²) in [7, 11) is 0. The molecule has 0 saturated heterocycles. The molecule has 2 N–H and O–H groups in total. The van der Waals surface area contributed by atoms with Gasteiger partial charge in [-0.3, -0.25) is 9.59 Å². The number of benzene rings is 1. The summed E-state index contributed by atoms with van der Waals surface area (Å²) < 4.78 is 5.57. The third-order valence-electron chi connectivity index (χ3n) is 2.92. The van der Waals surface area contributed by atoms with Gasteiger partial charge in [-0.15, -0.1) is 0 Å². The van der Waals surface area contributed by atoms with Gasteiger partial charge in [-0.1, -0.05) is 26.0 Å². The van der Waals surface area contributed by atoms with Crippen molar-refractivity contribution in [3.8, 4) is 5.75 Å². The van der Waals surface area contributed by atoms with Crippen LogP contribution in [0.15, 0.2) is 24.3 Å². The van der Waals surface area contributed by atoms with Crippen LogP contribution in [-0.2, 0) is 9.59 Å². The van der Waals surface area contributed by atoms with Crippen molar-refractivity contribution >= 4 is 11.8 Å². The van der Waals surface area contributed by atoms with Gasteiger partial charge in [0, 0.05) is 19.0 Å². The number of hydrogen-bond acceptors (Lipinski definition) is 3. The molecule has 21 heavy (non-hydrogen) atoms. The highest BCUT2D eigenvalue weighted by atomic mass is 16.5. The molecule has 5 nitrogen and oxygen atoms in total. The predicted molar refractivity (Wildman–Crippen MR) is 82.1 cm³/mol. The fourth-order valence-electron chi connectivity index (χ4n) is 1.67. The Morgan fingerprint density at radius 1 is 1.10 bits per heavy atom. The van der Waals surface area contributed by atoms with Crippen LogP contribution in [-0.4, -0.2) is 31.0 Å². The van der Waals surface area contributed by atoms with Gasteiger partial charge in [0.1, 0.15) is 5.75 Å². The van der Waals surface area contributed by atoms with Crippen LogP contribution in [0.3, 0.4) is 0 Å². The number of carbonyl (C=O) groups excluding carboxylic acids is 2. The summed E-state index contributed by atoms with van der Waals surface area (Å²) in [6.45, 7) is 8.12. The van der Waals surface area contributed by atoms with Crippen LogP contribution in [0.5, 0.6) is 5.75 Å². The second kappa shape index (κ2) is 8.29. The maximum Gasteiger partial charge on any atom is 0.260 e. The highest BCUT2D eigenvalue weighted by Gasteiger charge is 2.14. The Labute approximate surface area is 126 Å². The Kier molecular flexibility index (Phi) is 6.72. The minimum absolute atomic E-state index is 0.0201. The Hall–Kier alpha value is -2.04. The van der Waals surface area contributed by atoms with Crippen LogP contribution < -0.4 is 15.4 Å². The van der Waals surface area contributed by atoms with Gasteiger partial charge in [0.05, 0.1) is 0 Å². The summed E-state index contributed by atoms with van der Waals surface area (Å²) in [4.78, 5) is 23.2. The molecule has 0 aliphatic rings. The summed E-state index contributed by atoms with van der Waals surface area (Å²) >= 11 is 0. The molecular weight excluding hydrogens is 268 g/mol. The first-order valence-corrected chi connectivity index (χ1v) is 7.19. The van der Waals surface area contributed by atoms with E-state index in [1.165, 1.54) is 0 Å². The van der Waals surface area contributed by atoms with Gasteiger partial charge < -0.3 is 15.4 Å². The monoisotopic (exact) mass is 292 g/mol. The Balaban J connectivity index is 2.30. The second-order valence-electron chi connectivity index (χ2n) is 5.31. The Bertz CT molecular complexity index is 486. The minimum Gasteiger partial charge on any atom is -0.481 e. The number of aryl methyl sites for hydroxylation is 1. The molecule has 0 aliphatic heterocycles. The van der Waals surface area contributed by atoms with Crippen molar-refractivity contribution in [1.82, 2.24) is 10.6 Å². The van der Waals surface area contributed by atoms with E-state index in [2.05, 4.69) is 10.6 Å². The average molecular weight is 292 g/mol. The summed E-state index contributed by atoms with van der Waals surface area (Å²) in [5.74, 6) is 0.402. The predicted octanol–water partition coefficient (Wildman–Crippen LogP) is 1.65. The van der Waals surface area contributed by atoms with Gasteiger partial charge in [-0.25, -0.2) is 0 Å². The van der Waals surface area contributed by atoms with Crippen molar-refractivity contribution in [2.24, 2.45) is 5.92 Å². The van der Waals surface area contributed by atoms with Crippen LogP contribution in [0, 0.1) is 12.8 Å². The van der Waals surface area contributed by atoms with Crippen LogP contribution in [0.25, 0.3) is 0 Å². The van der Waals surface area contributed by atoms with Crippen LogP contribution in [0.1, 0.15) is 26.3 Å². The van der Waals surface area contributed by atoms with Gasteiger partial charge in [0.25, 0.3) is 5.91 Å². The standard InChI is InChI=1S/C16H24N2O3/c1-11(2)15(19)17-8-9-18-16(20)13(4)21-14-7-5-6-12(3)10-14/h5-7,10-11,13H,8-9H2,1-4H3,(H,17,19)(H,18,20). The fourth-order valence-corrected chi connectivity index (χ4v) is 1.67. The lowest BCUT2D eigenvalue weighted by Gasteiger charge is -2.15. The van der Waals surface area contributed by atoms with E-state index >= 15 is 0 Å². The number of hydrogen-bond donors (Lipinski definition) is 2. The highest BCUT2D eigenvalue weighted by Crippen LogP contribution is 2.14. The molecule has 1 aromatic rings. The van der Waals surface area contributed by atoms with Crippen LogP contribution in [0.4, 0.5) is 0 Å². The minimum atomic E-state index is -0.576. The maximum absolute atomic E-state index is 11.9. The largest absolute Gasteiger partial charge is 0.481 e. The highest BCUT2D eigenvalue weighted by molar-refractivity contribution is 5.81. The normalized spacial score (nSPS) is 11.9.